The molecule has 1 unspecified atom stereocenters. The molecular weight excluding hydrogens is 328 g/mol. The minimum absolute atomic E-state index is 0.0737. The van der Waals surface area contributed by atoms with Crippen molar-refractivity contribution < 1.29 is 14.3 Å². The highest BCUT2D eigenvalue weighted by atomic mass is 16.5. The van der Waals surface area contributed by atoms with Crippen LogP contribution in [0.1, 0.15) is 30.9 Å². The number of carbonyl (C=O) groups excluding carboxylic acids is 2. The third-order valence-corrected chi connectivity index (χ3v) is 4.51. The first-order valence-electron chi connectivity index (χ1n) is 8.97. The average molecular weight is 352 g/mol. The maximum atomic E-state index is 12.6. The SMILES string of the molecule is CCC1Oc2ccccc2N(CCC(=O)NCc2ccc(C)cc2)C1=O. The van der Waals surface area contributed by atoms with Crippen LogP contribution in [0.25, 0.3) is 0 Å². The monoisotopic (exact) mass is 352 g/mol. The van der Waals surface area contributed by atoms with Gasteiger partial charge in [0.1, 0.15) is 5.75 Å². The molecule has 1 atom stereocenters. The molecule has 2 aromatic rings. The third kappa shape index (κ3) is 4.04. The van der Waals surface area contributed by atoms with Crippen molar-refractivity contribution in [1.29, 1.82) is 0 Å². The summed E-state index contributed by atoms with van der Waals surface area (Å²) in [6.07, 6.45) is 0.367. The molecule has 0 aliphatic carbocycles. The highest BCUT2D eigenvalue weighted by molar-refractivity contribution is 6.00. The van der Waals surface area contributed by atoms with E-state index < -0.39 is 6.10 Å². The van der Waals surface area contributed by atoms with E-state index in [0.717, 1.165) is 11.3 Å². The maximum absolute atomic E-state index is 12.6. The molecule has 3 rings (SSSR count). The number of aryl methyl sites for hydroxylation is 1. The normalized spacial score (nSPS) is 16.0. The zero-order valence-electron chi connectivity index (χ0n) is 15.2. The number of ether oxygens (including phenoxy) is 1. The minimum Gasteiger partial charge on any atom is -0.478 e. The second-order valence-corrected chi connectivity index (χ2v) is 6.48. The number of nitrogens with one attached hydrogen (secondary N) is 1. The van der Waals surface area contributed by atoms with Crippen LogP contribution >= 0.6 is 0 Å². The first-order chi connectivity index (χ1) is 12.6. The van der Waals surface area contributed by atoms with Gasteiger partial charge in [-0.05, 0) is 31.0 Å². The van der Waals surface area contributed by atoms with Crippen molar-refractivity contribution in [3.8, 4) is 5.75 Å². The van der Waals surface area contributed by atoms with Crippen LogP contribution in [0.3, 0.4) is 0 Å². The topological polar surface area (TPSA) is 58.6 Å². The maximum Gasteiger partial charge on any atom is 0.268 e. The van der Waals surface area contributed by atoms with E-state index in [1.54, 1.807) is 4.90 Å². The number of hydrogen-bond donors (Lipinski definition) is 1. The molecule has 2 aromatic carbocycles. The molecule has 0 bridgehead atoms. The Morgan fingerprint density at radius 2 is 1.88 bits per heavy atom. The Labute approximate surface area is 154 Å². The van der Waals surface area contributed by atoms with Gasteiger partial charge >= 0.3 is 0 Å². The highest BCUT2D eigenvalue weighted by Gasteiger charge is 2.32. The zero-order chi connectivity index (χ0) is 18.5. The van der Waals surface area contributed by atoms with Gasteiger partial charge in [-0.2, -0.15) is 0 Å². The average Bonchev–Trinajstić information content (AvgIpc) is 2.66. The number of hydrogen-bond acceptors (Lipinski definition) is 3. The highest BCUT2D eigenvalue weighted by Crippen LogP contribution is 2.34. The number of nitrogens with zero attached hydrogens (tertiary/aromatic N) is 1. The minimum atomic E-state index is -0.486. The van der Waals surface area contributed by atoms with Crippen molar-refractivity contribution in [2.24, 2.45) is 0 Å². The number of carbonyl (C=O) groups is 2. The van der Waals surface area contributed by atoms with Crippen molar-refractivity contribution in [3.05, 3.63) is 59.7 Å². The molecule has 0 radical (unpaired) electrons. The summed E-state index contributed by atoms with van der Waals surface area (Å²) in [5.41, 5.74) is 2.98. The van der Waals surface area contributed by atoms with Gasteiger partial charge in [-0.25, -0.2) is 0 Å². The van der Waals surface area contributed by atoms with Gasteiger partial charge in [0.05, 0.1) is 5.69 Å². The summed E-state index contributed by atoms with van der Waals surface area (Å²) in [5.74, 6) is 0.534. The van der Waals surface area contributed by atoms with E-state index >= 15 is 0 Å². The molecule has 0 saturated heterocycles. The fraction of sp³-hybridized carbons (Fsp3) is 0.333. The predicted octanol–water partition coefficient (Wildman–Crippen LogP) is 3.21. The molecule has 1 heterocycles. The van der Waals surface area contributed by atoms with Gasteiger partial charge in [0.2, 0.25) is 5.91 Å². The van der Waals surface area contributed by atoms with E-state index in [2.05, 4.69) is 5.32 Å². The molecule has 0 saturated carbocycles. The number of benzene rings is 2. The Kier molecular flexibility index (Phi) is 5.56. The molecule has 0 aromatic heterocycles. The largest absolute Gasteiger partial charge is 0.478 e. The first kappa shape index (κ1) is 18.0. The lowest BCUT2D eigenvalue weighted by Gasteiger charge is -2.33. The number of para-hydroxylation sites is 2. The second-order valence-electron chi connectivity index (χ2n) is 6.48. The lowest BCUT2D eigenvalue weighted by molar-refractivity contribution is -0.126. The summed E-state index contributed by atoms with van der Waals surface area (Å²) in [7, 11) is 0. The lowest BCUT2D eigenvalue weighted by Crippen LogP contribution is -2.46. The van der Waals surface area contributed by atoms with Crippen LogP contribution in [0.4, 0.5) is 5.69 Å². The molecule has 26 heavy (non-hydrogen) atoms. The van der Waals surface area contributed by atoms with Gasteiger partial charge in [0.25, 0.3) is 5.91 Å². The van der Waals surface area contributed by atoms with E-state index in [-0.39, 0.29) is 18.2 Å². The number of fused-ring (bicyclic) bond motifs is 1. The summed E-state index contributed by atoms with van der Waals surface area (Å²) in [4.78, 5) is 26.5. The second kappa shape index (κ2) is 8.04. The summed E-state index contributed by atoms with van der Waals surface area (Å²) < 4.78 is 5.75. The predicted molar refractivity (Wildman–Crippen MR) is 101 cm³/mol. The van der Waals surface area contributed by atoms with Gasteiger partial charge in [-0.3, -0.25) is 9.59 Å². The Morgan fingerprint density at radius 1 is 1.15 bits per heavy atom. The fourth-order valence-electron chi connectivity index (χ4n) is 2.97. The summed E-state index contributed by atoms with van der Waals surface area (Å²) in [6, 6.07) is 15.5. The van der Waals surface area contributed by atoms with Gasteiger partial charge in [0.15, 0.2) is 6.10 Å². The smallest absolute Gasteiger partial charge is 0.268 e. The Morgan fingerprint density at radius 3 is 2.62 bits per heavy atom. The number of rotatable bonds is 6. The summed E-state index contributed by atoms with van der Waals surface area (Å²) >= 11 is 0. The van der Waals surface area contributed by atoms with E-state index in [4.69, 9.17) is 4.74 Å². The van der Waals surface area contributed by atoms with Crippen molar-refractivity contribution in [3.63, 3.8) is 0 Å². The molecule has 1 aliphatic rings. The summed E-state index contributed by atoms with van der Waals surface area (Å²) in [5, 5.41) is 2.91. The molecule has 1 N–H and O–H groups in total. The standard InChI is InChI=1S/C21H24N2O3/c1-3-18-21(25)23(17-6-4-5-7-19(17)26-18)13-12-20(24)22-14-16-10-8-15(2)9-11-16/h4-11,18H,3,12-14H2,1-2H3,(H,22,24). The Balaban J connectivity index is 1.60. The fourth-order valence-corrected chi connectivity index (χ4v) is 2.97. The molecule has 0 fully saturated rings. The molecule has 2 amide bonds. The van der Waals surface area contributed by atoms with Crippen LogP contribution in [0.5, 0.6) is 5.75 Å². The Hall–Kier alpha value is -2.82. The molecule has 5 nitrogen and oxygen atoms in total. The van der Waals surface area contributed by atoms with E-state index in [0.29, 0.717) is 25.3 Å². The van der Waals surface area contributed by atoms with Crippen molar-refractivity contribution in [2.45, 2.75) is 39.3 Å². The van der Waals surface area contributed by atoms with Crippen LogP contribution in [-0.4, -0.2) is 24.5 Å². The summed E-state index contributed by atoms with van der Waals surface area (Å²) in [6.45, 7) is 4.78. The number of amides is 2. The van der Waals surface area contributed by atoms with E-state index in [1.807, 2.05) is 62.4 Å². The molecular formula is C21H24N2O3. The molecule has 0 spiro atoms. The molecule has 1 aliphatic heterocycles. The first-order valence-corrected chi connectivity index (χ1v) is 8.97. The van der Waals surface area contributed by atoms with Crippen LogP contribution in [0.15, 0.2) is 48.5 Å². The van der Waals surface area contributed by atoms with Crippen LogP contribution < -0.4 is 15.0 Å². The van der Waals surface area contributed by atoms with Gasteiger partial charge in [-0.1, -0.05) is 48.9 Å². The number of anilines is 1. The van der Waals surface area contributed by atoms with Crippen molar-refractivity contribution in [1.82, 2.24) is 5.32 Å². The van der Waals surface area contributed by atoms with Crippen LogP contribution in [0.2, 0.25) is 0 Å². The van der Waals surface area contributed by atoms with Gasteiger partial charge in [0, 0.05) is 19.5 Å². The van der Waals surface area contributed by atoms with Crippen molar-refractivity contribution >= 4 is 17.5 Å². The van der Waals surface area contributed by atoms with Crippen LogP contribution in [0, 0.1) is 6.92 Å². The van der Waals surface area contributed by atoms with Gasteiger partial charge in [-0.15, -0.1) is 0 Å². The van der Waals surface area contributed by atoms with E-state index in [1.165, 1.54) is 5.56 Å². The molecule has 5 heteroatoms. The van der Waals surface area contributed by atoms with E-state index in [9.17, 15) is 9.59 Å². The van der Waals surface area contributed by atoms with Crippen molar-refractivity contribution in [2.75, 3.05) is 11.4 Å². The molecule has 136 valence electrons. The lowest BCUT2D eigenvalue weighted by atomic mass is 10.1. The van der Waals surface area contributed by atoms with Crippen LogP contribution in [-0.2, 0) is 16.1 Å². The Bertz CT molecular complexity index is 786. The third-order valence-electron chi connectivity index (χ3n) is 4.51. The zero-order valence-corrected chi connectivity index (χ0v) is 15.2. The quantitative estimate of drug-likeness (QED) is 0.868. The van der Waals surface area contributed by atoms with Gasteiger partial charge < -0.3 is 15.0 Å².